The standard InChI is InChI=1S/C32H30N4O4/c1-19-8-10-20(11-9-19)29-28-25(24-6-2-3-7-26(24)34-28)17-27-31(38)35(32(39)36(27)29)22-14-12-21(13-15-22)30(37)33-18-23-5-4-16-40-23/h2-3,6-15,23,27,29,34H,4-5,16-18H2,1H3,(H,33,37). The first-order valence-corrected chi connectivity index (χ1v) is 13.8. The molecule has 3 aliphatic rings. The number of urea groups is 1. The van der Waals surface area contributed by atoms with Gasteiger partial charge in [-0.1, -0.05) is 48.0 Å². The third-order valence-corrected chi connectivity index (χ3v) is 8.34. The summed E-state index contributed by atoms with van der Waals surface area (Å²) in [7, 11) is 0. The lowest BCUT2D eigenvalue weighted by Gasteiger charge is -2.36. The minimum absolute atomic E-state index is 0.0543. The summed E-state index contributed by atoms with van der Waals surface area (Å²) in [6.07, 6.45) is 2.45. The van der Waals surface area contributed by atoms with Crippen molar-refractivity contribution in [3.63, 3.8) is 0 Å². The highest BCUT2D eigenvalue weighted by molar-refractivity contribution is 6.22. The van der Waals surface area contributed by atoms with Gasteiger partial charge in [0, 0.05) is 41.7 Å². The van der Waals surface area contributed by atoms with Crippen molar-refractivity contribution in [3.05, 3.63) is 101 Å². The van der Waals surface area contributed by atoms with E-state index in [1.165, 1.54) is 4.90 Å². The molecule has 4 amide bonds. The summed E-state index contributed by atoms with van der Waals surface area (Å²) in [4.78, 5) is 47.1. The van der Waals surface area contributed by atoms with Crippen LogP contribution >= 0.6 is 0 Å². The number of aryl methyl sites for hydroxylation is 1. The molecule has 4 heterocycles. The number of H-pyrrole nitrogens is 1. The highest BCUT2D eigenvalue weighted by atomic mass is 16.5. The number of aromatic amines is 1. The molecule has 0 radical (unpaired) electrons. The van der Waals surface area contributed by atoms with Gasteiger partial charge in [0.15, 0.2) is 0 Å². The molecule has 7 rings (SSSR count). The van der Waals surface area contributed by atoms with Gasteiger partial charge in [0.2, 0.25) is 0 Å². The number of aromatic nitrogens is 1. The van der Waals surface area contributed by atoms with E-state index in [1.807, 2.05) is 49.4 Å². The Morgan fingerprint density at radius 2 is 1.80 bits per heavy atom. The zero-order valence-corrected chi connectivity index (χ0v) is 22.2. The first-order chi connectivity index (χ1) is 19.5. The fourth-order valence-corrected chi connectivity index (χ4v) is 6.28. The van der Waals surface area contributed by atoms with Crippen molar-refractivity contribution < 1.29 is 19.1 Å². The molecule has 3 atom stereocenters. The van der Waals surface area contributed by atoms with E-state index < -0.39 is 12.1 Å². The maximum atomic E-state index is 14.0. The van der Waals surface area contributed by atoms with Crippen molar-refractivity contribution >= 4 is 34.4 Å². The van der Waals surface area contributed by atoms with Gasteiger partial charge in [-0.15, -0.1) is 0 Å². The van der Waals surface area contributed by atoms with Gasteiger partial charge >= 0.3 is 6.03 Å². The molecule has 3 aromatic carbocycles. The molecular weight excluding hydrogens is 504 g/mol. The van der Waals surface area contributed by atoms with Crippen LogP contribution in [0.2, 0.25) is 0 Å². The van der Waals surface area contributed by atoms with Gasteiger partial charge in [-0.3, -0.25) is 14.5 Å². The molecule has 0 bridgehead atoms. The van der Waals surface area contributed by atoms with Crippen molar-refractivity contribution in [1.29, 1.82) is 0 Å². The van der Waals surface area contributed by atoms with Gasteiger partial charge < -0.3 is 15.0 Å². The van der Waals surface area contributed by atoms with Crippen LogP contribution in [0, 0.1) is 6.92 Å². The smallest absolute Gasteiger partial charge is 0.332 e. The molecule has 8 nitrogen and oxygen atoms in total. The number of anilines is 1. The zero-order valence-electron chi connectivity index (χ0n) is 22.2. The number of rotatable bonds is 5. The summed E-state index contributed by atoms with van der Waals surface area (Å²) in [5.41, 5.74) is 6.01. The van der Waals surface area contributed by atoms with E-state index >= 15 is 0 Å². The molecule has 2 saturated heterocycles. The molecule has 2 N–H and O–H groups in total. The molecule has 0 aliphatic carbocycles. The third-order valence-electron chi connectivity index (χ3n) is 8.34. The first-order valence-electron chi connectivity index (χ1n) is 13.8. The number of nitrogens with zero attached hydrogens (tertiary/aromatic N) is 2. The number of carbonyl (C=O) groups is 3. The summed E-state index contributed by atoms with van der Waals surface area (Å²) < 4.78 is 5.58. The lowest BCUT2D eigenvalue weighted by molar-refractivity contribution is -0.120. The van der Waals surface area contributed by atoms with Crippen LogP contribution in [0.5, 0.6) is 0 Å². The lowest BCUT2D eigenvalue weighted by Crippen LogP contribution is -2.44. The first kappa shape index (κ1) is 24.6. The Labute approximate surface area is 231 Å². The van der Waals surface area contributed by atoms with E-state index in [2.05, 4.69) is 16.4 Å². The largest absolute Gasteiger partial charge is 0.376 e. The number of benzene rings is 3. The van der Waals surface area contributed by atoms with Crippen LogP contribution in [-0.4, -0.2) is 53.0 Å². The summed E-state index contributed by atoms with van der Waals surface area (Å²) in [6, 6.07) is 21.4. The fourth-order valence-electron chi connectivity index (χ4n) is 6.28. The number of hydrogen-bond donors (Lipinski definition) is 2. The van der Waals surface area contributed by atoms with Crippen LogP contribution in [0.1, 0.15) is 51.6 Å². The molecule has 3 aliphatic heterocycles. The number of nitrogens with one attached hydrogen (secondary N) is 2. The Hall–Kier alpha value is -4.43. The Kier molecular flexibility index (Phi) is 5.93. The van der Waals surface area contributed by atoms with Crippen molar-refractivity contribution in [1.82, 2.24) is 15.2 Å². The summed E-state index contributed by atoms with van der Waals surface area (Å²) in [6.45, 7) is 3.23. The number of para-hydroxylation sites is 1. The molecule has 2 fully saturated rings. The number of amides is 4. The van der Waals surface area contributed by atoms with E-state index in [9.17, 15) is 14.4 Å². The fraction of sp³-hybridized carbons (Fsp3) is 0.281. The lowest BCUT2D eigenvalue weighted by atomic mass is 9.88. The van der Waals surface area contributed by atoms with Crippen LogP contribution in [-0.2, 0) is 16.0 Å². The molecule has 0 spiro atoms. The van der Waals surface area contributed by atoms with Crippen LogP contribution < -0.4 is 10.2 Å². The molecule has 202 valence electrons. The van der Waals surface area contributed by atoms with Gasteiger partial charge in [-0.05, 0) is 61.2 Å². The average molecular weight is 535 g/mol. The topological polar surface area (TPSA) is 94.7 Å². The van der Waals surface area contributed by atoms with Gasteiger partial charge in [0.25, 0.3) is 11.8 Å². The molecule has 1 aromatic heterocycles. The van der Waals surface area contributed by atoms with E-state index in [0.29, 0.717) is 24.2 Å². The number of carbonyl (C=O) groups excluding carboxylic acids is 3. The number of hydrogen-bond acceptors (Lipinski definition) is 4. The van der Waals surface area contributed by atoms with Gasteiger partial charge in [-0.25, -0.2) is 9.69 Å². The van der Waals surface area contributed by atoms with E-state index in [-0.39, 0.29) is 23.9 Å². The molecule has 8 heteroatoms. The van der Waals surface area contributed by atoms with Crippen molar-refractivity contribution in [2.24, 2.45) is 0 Å². The van der Waals surface area contributed by atoms with Crippen LogP contribution in [0.15, 0.2) is 72.8 Å². The highest BCUT2D eigenvalue weighted by Crippen LogP contribution is 2.44. The zero-order chi connectivity index (χ0) is 27.4. The van der Waals surface area contributed by atoms with Crippen LogP contribution in [0.3, 0.4) is 0 Å². The SMILES string of the molecule is Cc1ccc(C2c3[nH]c4ccccc4c3CC3C(=O)N(c4ccc(C(=O)NCC5CCCO5)cc4)C(=O)N32)cc1. The summed E-state index contributed by atoms with van der Waals surface area (Å²) in [5.74, 6) is -0.461. The van der Waals surface area contributed by atoms with Crippen LogP contribution in [0.25, 0.3) is 10.9 Å². The third kappa shape index (κ3) is 3.98. The molecule has 4 aromatic rings. The Morgan fingerprint density at radius 1 is 1.02 bits per heavy atom. The van der Waals surface area contributed by atoms with Crippen LogP contribution in [0.4, 0.5) is 10.5 Å². The second-order valence-electron chi connectivity index (χ2n) is 10.9. The normalized spacial score (nSPS) is 22.1. The molecule has 0 saturated carbocycles. The maximum absolute atomic E-state index is 14.0. The minimum Gasteiger partial charge on any atom is -0.376 e. The molecular formula is C32H30N4O4. The van der Waals surface area contributed by atoms with E-state index in [1.54, 1.807) is 29.2 Å². The van der Waals surface area contributed by atoms with Crippen molar-refractivity contribution in [3.8, 4) is 0 Å². The molecule has 40 heavy (non-hydrogen) atoms. The summed E-state index contributed by atoms with van der Waals surface area (Å²) >= 11 is 0. The van der Waals surface area contributed by atoms with Gasteiger partial charge in [0.05, 0.1) is 11.8 Å². The van der Waals surface area contributed by atoms with Crippen molar-refractivity contribution in [2.45, 2.75) is 44.4 Å². The summed E-state index contributed by atoms with van der Waals surface area (Å²) in [5, 5.41) is 3.99. The van der Waals surface area contributed by atoms with Gasteiger partial charge in [0.1, 0.15) is 12.1 Å². The highest BCUT2D eigenvalue weighted by Gasteiger charge is 2.53. The predicted molar refractivity (Wildman–Crippen MR) is 151 cm³/mol. The maximum Gasteiger partial charge on any atom is 0.332 e. The second kappa shape index (κ2) is 9.64. The Morgan fingerprint density at radius 3 is 2.55 bits per heavy atom. The van der Waals surface area contributed by atoms with E-state index in [0.717, 1.165) is 52.7 Å². The number of imide groups is 1. The number of fused-ring (bicyclic) bond motifs is 4. The predicted octanol–water partition coefficient (Wildman–Crippen LogP) is 4.87. The minimum atomic E-state index is -0.625. The molecule has 3 unspecified atom stereocenters. The number of ether oxygens (including phenoxy) is 1. The quantitative estimate of drug-likeness (QED) is 0.357. The Bertz CT molecular complexity index is 1620. The Balaban J connectivity index is 1.21. The second-order valence-corrected chi connectivity index (χ2v) is 10.9. The van der Waals surface area contributed by atoms with E-state index in [4.69, 9.17) is 4.74 Å². The van der Waals surface area contributed by atoms with Gasteiger partial charge in [-0.2, -0.15) is 0 Å². The van der Waals surface area contributed by atoms with Crippen molar-refractivity contribution in [2.75, 3.05) is 18.1 Å². The average Bonchev–Trinajstić information content (AvgIpc) is 3.69. The monoisotopic (exact) mass is 534 g/mol.